The molecule has 2 rings (SSSR count). The maximum Gasteiger partial charge on any atom is 0.391 e. The van der Waals surface area contributed by atoms with Crippen LogP contribution < -0.4 is 0 Å². The summed E-state index contributed by atoms with van der Waals surface area (Å²) in [7, 11) is -8.69. The van der Waals surface area contributed by atoms with Crippen molar-refractivity contribution in [2.75, 3.05) is 26.7 Å². The molecule has 0 amide bonds. The van der Waals surface area contributed by atoms with Gasteiger partial charge in [0.05, 0.1) is 25.2 Å². The monoisotopic (exact) mass is 622 g/mol. The van der Waals surface area contributed by atoms with Crippen molar-refractivity contribution in [2.24, 2.45) is 5.92 Å². The first-order chi connectivity index (χ1) is 17.6. The topological polar surface area (TPSA) is 58.7 Å². The molecule has 14 heteroatoms. The summed E-state index contributed by atoms with van der Waals surface area (Å²) in [5.41, 5.74) is 0. The number of alkyl halides is 4. The normalized spacial score (nSPS) is 24.6. The predicted molar refractivity (Wildman–Crippen MR) is 151 cm³/mol. The minimum atomic E-state index is -4.19. The third-order valence-corrected chi connectivity index (χ3v) is 22.7. The van der Waals surface area contributed by atoms with E-state index in [2.05, 4.69) is 39.3 Å². The molecular formula is C24H50F4O6Si4. The maximum absolute atomic E-state index is 12.3. The van der Waals surface area contributed by atoms with Gasteiger partial charge in [0.2, 0.25) is 0 Å². The molecule has 0 aromatic heterocycles. The van der Waals surface area contributed by atoms with Gasteiger partial charge in [-0.3, -0.25) is 0 Å². The van der Waals surface area contributed by atoms with Gasteiger partial charge in [-0.25, -0.2) is 4.39 Å². The zero-order valence-electron chi connectivity index (χ0n) is 24.2. The summed E-state index contributed by atoms with van der Waals surface area (Å²) in [5, 5.41) is 0. The van der Waals surface area contributed by atoms with E-state index in [4.69, 9.17) is 26.6 Å². The van der Waals surface area contributed by atoms with Crippen LogP contribution in [0.5, 0.6) is 0 Å². The van der Waals surface area contributed by atoms with Crippen molar-refractivity contribution in [3.63, 3.8) is 0 Å². The van der Waals surface area contributed by atoms with E-state index >= 15 is 0 Å². The Balaban J connectivity index is 1.90. The van der Waals surface area contributed by atoms with E-state index in [0.717, 1.165) is 43.8 Å². The van der Waals surface area contributed by atoms with E-state index < -0.39 is 53.9 Å². The molecule has 0 spiro atoms. The fourth-order valence-corrected chi connectivity index (χ4v) is 22.4. The van der Waals surface area contributed by atoms with Crippen molar-refractivity contribution in [1.82, 2.24) is 0 Å². The number of ether oxygens (including phenoxy) is 3. The van der Waals surface area contributed by atoms with Gasteiger partial charge in [0.15, 0.2) is 23.5 Å². The molecule has 0 aromatic carbocycles. The first-order valence-electron chi connectivity index (χ1n) is 14.1. The Morgan fingerprint density at radius 2 is 1.50 bits per heavy atom. The van der Waals surface area contributed by atoms with Crippen LogP contribution in [0.1, 0.15) is 44.9 Å². The zero-order chi connectivity index (χ0) is 28.5. The second kappa shape index (κ2) is 15.5. The lowest BCUT2D eigenvalue weighted by Gasteiger charge is -2.39. The molecule has 0 radical (unpaired) electrons. The van der Waals surface area contributed by atoms with Gasteiger partial charge < -0.3 is 26.6 Å². The molecule has 1 saturated heterocycles. The maximum atomic E-state index is 12.3. The first-order valence-corrected chi connectivity index (χ1v) is 25.0. The minimum Gasteiger partial charge on any atom is -0.439 e. The summed E-state index contributed by atoms with van der Waals surface area (Å²) < 4.78 is 85.3. The zero-order valence-corrected chi connectivity index (χ0v) is 28.3. The highest BCUT2D eigenvalue weighted by Crippen LogP contribution is 2.42. The highest BCUT2D eigenvalue weighted by atomic mass is 28.5. The Hall–Kier alpha value is 0.348. The largest absolute Gasteiger partial charge is 0.439 e. The molecule has 0 bridgehead atoms. The Labute approximate surface area is 231 Å². The molecule has 226 valence electrons. The SMILES string of the molecule is C[SiH](O[Si](C)(C)CCCOCF)O[Si](C)(CCC1CCC2OC2C1)O[Si](C)(C)CCCOCCC(F)(F)F. The molecule has 0 N–H and O–H groups in total. The van der Waals surface area contributed by atoms with Gasteiger partial charge >= 0.3 is 14.7 Å². The molecular weight excluding hydrogens is 573 g/mol. The molecule has 2 aliphatic rings. The number of fused-ring (bicyclic) bond motifs is 1. The van der Waals surface area contributed by atoms with Crippen LogP contribution in [0, 0.1) is 5.92 Å². The number of hydrogen-bond acceptors (Lipinski definition) is 6. The Morgan fingerprint density at radius 3 is 2.13 bits per heavy atom. The lowest BCUT2D eigenvalue weighted by Crippen LogP contribution is -2.53. The van der Waals surface area contributed by atoms with E-state index in [1.54, 1.807) is 0 Å². The smallest absolute Gasteiger partial charge is 0.391 e. The third-order valence-electron chi connectivity index (χ3n) is 7.25. The van der Waals surface area contributed by atoms with E-state index in [-0.39, 0.29) is 6.61 Å². The lowest BCUT2D eigenvalue weighted by molar-refractivity contribution is -0.145. The quantitative estimate of drug-likeness (QED) is 0.0630. The number of halogens is 4. The molecule has 1 aliphatic heterocycles. The first kappa shape index (κ1) is 34.5. The molecule has 2 fully saturated rings. The van der Waals surface area contributed by atoms with Crippen molar-refractivity contribution >= 4 is 34.5 Å². The van der Waals surface area contributed by atoms with Gasteiger partial charge in [0, 0.05) is 13.2 Å². The van der Waals surface area contributed by atoms with Gasteiger partial charge in [-0.15, -0.1) is 0 Å². The summed E-state index contributed by atoms with van der Waals surface area (Å²) in [4.78, 5) is 0. The van der Waals surface area contributed by atoms with Crippen LogP contribution in [0.15, 0.2) is 0 Å². The average Bonchev–Trinajstić information content (AvgIpc) is 3.55. The highest BCUT2D eigenvalue weighted by molar-refractivity contribution is 6.86. The van der Waals surface area contributed by atoms with Crippen molar-refractivity contribution in [2.45, 2.75) is 121 Å². The Morgan fingerprint density at radius 1 is 0.842 bits per heavy atom. The molecule has 6 nitrogen and oxygen atoms in total. The highest BCUT2D eigenvalue weighted by Gasteiger charge is 2.46. The average molecular weight is 623 g/mol. The van der Waals surface area contributed by atoms with E-state index in [1.807, 2.05) is 0 Å². The van der Waals surface area contributed by atoms with Crippen LogP contribution in [-0.4, -0.2) is 79.5 Å². The molecule has 5 unspecified atom stereocenters. The Kier molecular flexibility index (Phi) is 14.1. The van der Waals surface area contributed by atoms with Crippen molar-refractivity contribution in [3.05, 3.63) is 0 Å². The Bertz CT molecular complexity index is 691. The fraction of sp³-hybridized carbons (Fsp3) is 1.00. The standard InChI is InChI=1S/C24H50F4O6Si4/c1-35(32-36(2,3)16-8-14-30-20-25)33-38(6,18-11-21-9-10-22-23(19-21)31-22)34-37(4,5)17-7-13-29-15-12-24(26,27)28/h21-23,35H,7-20H2,1-6H3. The van der Waals surface area contributed by atoms with Crippen LogP contribution in [0.4, 0.5) is 17.6 Å². The van der Waals surface area contributed by atoms with E-state index in [9.17, 15) is 17.6 Å². The van der Waals surface area contributed by atoms with Crippen LogP contribution >= 0.6 is 0 Å². The summed E-state index contributed by atoms with van der Waals surface area (Å²) in [5.74, 6) is 0.629. The number of rotatable bonds is 20. The summed E-state index contributed by atoms with van der Waals surface area (Å²) >= 11 is 0. The fourth-order valence-electron chi connectivity index (χ4n) is 5.41. The van der Waals surface area contributed by atoms with Gasteiger partial charge in [0.1, 0.15) is 0 Å². The van der Waals surface area contributed by atoms with Crippen LogP contribution in [0.25, 0.3) is 0 Å². The molecule has 5 atom stereocenters. The van der Waals surface area contributed by atoms with Crippen molar-refractivity contribution in [3.8, 4) is 0 Å². The van der Waals surface area contributed by atoms with Gasteiger partial charge in [-0.2, -0.15) is 13.2 Å². The van der Waals surface area contributed by atoms with Crippen molar-refractivity contribution in [1.29, 1.82) is 0 Å². The van der Waals surface area contributed by atoms with Crippen LogP contribution in [0.2, 0.25) is 57.4 Å². The molecule has 1 aliphatic carbocycles. The predicted octanol–water partition coefficient (Wildman–Crippen LogP) is 7.02. The minimum absolute atomic E-state index is 0.297. The molecule has 0 aromatic rings. The third kappa shape index (κ3) is 14.8. The summed E-state index contributed by atoms with van der Waals surface area (Å²) in [6, 6.07) is 2.59. The van der Waals surface area contributed by atoms with E-state index in [0.29, 0.717) is 37.8 Å². The van der Waals surface area contributed by atoms with Gasteiger partial charge in [0.25, 0.3) is 9.28 Å². The van der Waals surface area contributed by atoms with Gasteiger partial charge in [-0.1, -0.05) is 0 Å². The summed E-state index contributed by atoms with van der Waals surface area (Å²) in [6.07, 6.45) is 1.78. The lowest BCUT2D eigenvalue weighted by atomic mass is 9.88. The second-order valence-corrected chi connectivity index (χ2v) is 26.8. The van der Waals surface area contributed by atoms with Gasteiger partial charge in [-0.05, 0) is 102 Å². The second-order valence-electron chi connectivity index (χ2n) is 12.2. The van der Waals surface area contributed by atoms with Crippen molar-refractivity contribution < 1.29 is 44.1 Å². The van der Waals surface area contributed by atoms with Crippen LogP contribution in [-0.2, 0) is 26.6 Å². The number of epoxide rings is 1. The molecule has 38 heavy (non-hydrogen) atoms. The molecule has 1 saturated carbocycles. The number of hydrogen-bond donors (Lipinski definition) is 0. The van der Waals surface area contributed by atoms with Crippen LogP contribution in [0.3, 0.4) is 0 Å². The van der Waals surface area contributed by atoms with E-state index in [1.165, 1.54) is 6.42 Å². The summed E-state index contributed by atoms with van der Waals surface area (Å²) in [6.45, 7) is 12.6. The molecule has 1 heterocycles.